The molecule has 172 valence electrons. The first kappa shape index (κ1) is 23.1. The van der Waals surface area contributed by atoms with E-state index in [1.165, 1.54) is 16.2 Å². The maximum Gasteiger partial charge on any atom is 0.264 e. The fourth-order valence-corrected chi connectivity index (χ4v) is 5.55. The van der Waals surface area contributed by atoms with Gasteiger partial charge in [0.05, 0.1) is 18.0 Å². The van der Waals surface area contributed by atoms with Crippen LogP contribution in [-0.4, -0.2) is 55.0 Å². The summed E-state index contributed by atoms with van der Waals surface area (Å²) in [4.78, 5) is 31.6. The van der Waals surface area contributed by atoms with Gasteiger partial charge >= 0.3 is 0 Å². The van der Waals surface area contributed by atoms with E-state index in [-0.39, 0.29) is 24.4 Å². The Labute approximate surface area is 201 Å². The van der Waals surface area contributed by atoms with Crippen LogP contribution in [0.4, 0.5) is 0 Å². The zero-order chi connectivity index (χ0) is 23.2. The molecular formula is C25H26N2O4S2. The molecule has 0 saturated carbocycles. The molecule has 0 fully saturated rings. The van der Waals surface area contributed by atoms with Gasteiger partial charge in [0, 0.05) is 24.0 Å². The molecule has 8 heteroatoms. The molecule has 1 aliphatic heterocycles. The Kier molecular flexibility index (Phi) is 7.47. The molecule has 0 radical (unpaired) electrons. The van der Waals surface area contributed by atoms with Crippen molar-refractivity contribution in [1.29, 1.82) is 0 Å². The van der Waals surface area contributed by atoms with Gasteiger partial charge < -0.3 is 19.3 Å². The Morgan fingerprint density at radius 3 is 2.79 bits per heavy atom. The lowest BCUT2D eigenvalue weighted by atomic mass is 10.0. The van der Waals surface area contributed by atoms with Crippen molar-refractivity contribution in [3.05, 3.63) is 81.2 Å². The monoisotopic (exact) mass is 482 g/mol. The number of ether oxygens (including phenoxy) is 2. The van der Waals surface area contributed by atoms with E-state index in [2.05, 4.69) is 18.0 Å². The minimum absolute atomic E-state index is 0.00210. The number of benzene rings is 1. The van der Waals surface area contributed by atoms with E-state index < -0.39 is 0 Å². The Bertz CT molecular complexity index is 1110. The van der Waals surface area contributed by atoms with Crippen LogP contribution >= 0.6 is 22.7 Å². The highest BCUT2D eigenvalue weighted by molar-refractivity contribution is 7.12. The molecule has 1 aromatic carbocycles. The number of nitrogens with zero attached hydrogens (tertiary/aromatic N) is 2. The van der Waals surface area contributed by atoms with Gasteiger partial charge in [-0.25, -0.2) is 0 Å². The van der Waals surface area contributed by atoms with Gasteiger partial charge in [-0.15, -0.1) is 29.3 Å². The summed E-state index contributed by atoms with van der Waals surface area (Å²) in [6, 6.07) is 12.9. The van der Waals surface area contributed by atoms with E-state index in [1.54, 1.807) is 35.5 Å². The molecule has 0 N–H and O–H groups in total. The molecule has 0 bridgehead atoms. The summed E-state index contributed by atoms with van der Waals surface area (Å²) in [6.45, 7) is 4.98. The highest BCUT2D eigenvalue weighted by Crippen LogP contribution is 2.34. The minimum atomic E-state index is -0.221. The van der Waals surface area contributed by atoms with E-state index in [0.717, 1.165) is 12.0 Å². The summed E-state index contributed by atoms with van der Waals surface area (Å²) in [5.74, 6) is 1.14. The van der Waals surface area contributed by atoms with Gasteiger partial charge in [0.15, 0.2) is 0 Å². The van der Waals surface area contributed by atoms with Gasteiger partial charge in [0.1, 0.15) is 24.7 Å². The summed E-state index contributed by atoms with van der Waals surface area (Å²) >= 11 is 3.08. The van der Waals surface area contributed by atoms with Crippen molar-refractivity contribution < 1.29 is 19.1 Å². The Balaban J connectivity index is 1.51. The second-order valence-corrected chi connectivity index (χ2v) is 9.54. The number of methoxy groups -OCH3 is 1. The van der Waals surface area contributed by atoms with Crippen LogP contribution in [0.5, 0.6) is 11.5 Å². The van der Waals surface area contributed by atoms with Gasteiger partial charge in [-0.2, -0.15) is 0 Å². The fourth-order valence-electron chi connectivity index (χ4n) is 3.93. The standard InChI is InChI=1S/C25H26N2O4S2/c1-3-11-26(25(29)23-8-5-13-32-23)16-24(28)27-12-9-22-20(10-14-33-22)21(27)17-31-19-7-4-6-18(15-19)30-2/h3-8,10,13-15,21H,1,9,11-12,16-17H2,2H3. The number of carbonyl (C=O) groups is 2. The molecule has 1 aliphatic rings. The lowest BCUT2D eigenvalue weighted by Crippen LogP contribution is -2.47. The number of rotatable bonds is 9. The molecule has 0 spiro atoms. The van der Waals surface area contributed by atoms with E-state index >= 15 is 0 Å². The normalized spacial score (nSPS) is 14.9. The lowest BCUT2D eigenvalue weighted by Gasteiger charge is -2.37. The van der Waals surface area contributed by atoms with Crippen molar-refractivity contribution in [2.75, 3.05) is 33.4 Å². The number of thiophene rings is 2. The predicted octanol–water partition coefficient (Wildman–Crippen LogP) is 4.65. The third-order valence-electron chi connectivity index (χ3n) is 5.56. The first-order valence-electron chi connectivity index (χ1n) is 10.7. The first-order chi connectivity index (χ1) is 16.1. The van der Waals surface area contributed by atoms with Crippen LogP contribution < -0.4 is 9.47 Å². The van der Waals surface area contributed by atoms with E-state index in [9.17, 15) is 9.59 Å². The van der Waals surface area contributed by atoms with Crippen molar-refractivity contribution in [3.63, 3.8) is 0 Å². The van der Waals surface area contributed by atoms with Crippen LogP contribution in [0.2, 0.25) is 0 Å². The lowest BCUT2D eigenvalue weighted by molar-refractivity contribution is -0.135. The Morgan fingerprint density at radius 2 is 2.03 bits per heavy atom. The predicted molar refractivity (Wildman–Crippen MR) is 131 cm³/mol. The number of amides is 2. The zero-order valence-electron chi connectivity index (χ0n) is 18.4. The Hall–Kier alpha value is -3.10. The summed E-state index contributed by atoms with van der Waals surface area (Å²) in [6.07, 6.45) is 2.45. The largest absolute Gasteiger partial charge is 0.497 e. The number of hydrogen-bond acceptors (Lipinski definition) is 6. The van der Waals surface area contributed by atoms with Crippen LogP contribution in [0.1, 0.15) is 26.2 Å². The third-order valence-corrected chi connectivity index (χ3v) is 7.41. The quantitative estimate of drug-likeness (QED) is 0.417. The molecule has 1 unspecified atom stereocenters. The second-order valence-electron chi connectivity index (χ2n) is 7.59. The van der Waals surface area contributed by atoms with Crippen LogP contribution in [0.25, 0.3) is 0 Å². The van der Waals surface area contributed by atoms with Crippen LogP contribution in [0, 0.1) is 0 Å². The fraction of sp³-hybridized carbons (Fsp3) is 0.280. The molecule has 2 aromatic heterocycles. The van der Waals surface area contributed by atoms with Crippen LogP contribution in [0.3, 0.4) is 0 Å². The highest BCUT2D eigenvalue weighted by Gasteiger charge is 2.33. The minimum Gasteiger partial charge on any atom is -0.497 e. The maximum absolute atomic E-state index is 13.4. The third kappa shape index (κ3) is 5.29. The van der Waals surface area contributed by atoms with Crippen LogP contribution in [-0.2, 0) is 11.2 Å². The van der Waals surface area contributed by atoms with Gasteiger partial charge in [-0.1, -0.05) is 18.2 Å². The van der Waals surface area contributed by atoms with Crippen molar-refractivity contribution >= 4 is 34.5 Å². The average molecular weight is 483 g/mol. The van der Waals surface area contributed by atoms with Gasteiger partial charge in [0.2, 0.25) is 5.91 Å². The summed E-state index contributed by atoms with van der Waals surface area (Å²) in [7, 11) is 1.62. The van der Waals surface area contributed by atoms with Crippen molar-refractivity contribution in [2.45, 2.75) is 12.5 Å². The number of carbonyl (C=O) groups excluding carboxylic acids is 2. The van der Waals surface area contributed by atoms with Gasteiger partial charge in [-0.05, 0) is 47.0 Å². The summed E-state index contributed by atoms with van der Waals surface area (Å²) in [5, 5.41) is 3.91. The van der Waals surface area contributed by atoms with E-state index in [4.69, 9.17) is 9.47 Å². The molecule has 3 heterocycles. The molecule has 0 saturated heterocycles. The van der Waals surface area contributed by atoms with Gasteiger partial charge in [-0.3, -0.25) is 9.59 Å². The topological polar surface area (TPSA) is 59.1 Å². The maximum atomic E-state index is 13.4. The molecule has 3 aromatic rings. The smallest absolute Gasteiger partial charge is 0.264 e. The van der Waals surface area contributed by atoms with Crippen molar-refractivity contribution in [3.8, 4) is 11.5 Å². The molecular weight excluding hydrogens is 456 g/mol. The van der Waals surface area contributed by atoms with Crippen LogP contribution in [0.15, 0.2) is 65.9 Å². The number of hydrogen-bond donors (Lipinski definition) is 0. The van der Waals surface area contributed by atoms with E-state index in [0.29, 0.717) is 36.1 Å². The molecule has 33 heavy (non-hydrogen) atoms. The van der Waals surface area contributed by atoms with Gasteiger partial charge in [0.25, 0.3) is 5.91 Å². The number of fused-ring (bicyclic) bond motifs is 1. The van der Waals surface area contributed by atoms with Crippen molar-refractivity contribution in [1.82, 2.24) is 9.80 Å². The average Bonchev–Trinajstić information content (AvgIpc) is 3.54. The molecule has 2 amide bonds. The highest BCUT2D eigenvalue weighted by atomic mass is 32.1. The molecule has 6 nitrogen and oxygen atoms in total. The zero-order valence-corrected chi connectivity index (χ0v) is 20.1. The summed E-state index contributed by atoms with van der Waals surface area (Å²) < 4.78 is 11.4. The van der Waals surface area contributed by atoms with E-state index in [1.807, 2.05) is 40.6 Å². The molecule has 0 aliphatic carbocycles. The summed E-state index contributed by atoms with van der Waals surface area (Å²) in [5.41, 5.74) is 1.11. The first-order valence-corrected chi connectivity index (χ1v) is 12.4. The van der Waals surface area contributed by atoms with Crippen molar-refractivity contribution in [2.24, 2.45) is 0 Å². The molecule has 4 rings (SSSR count). The second kappa shape index (κ2) is 10.7. The Morgan fingerprint density at radius 1 is 1.18 bits per heavy atom. The SMILES string of the molecule is C=CCN(CC(=O)N1CCc2sccc2C1COc1cccc(OC)c1)C(=O)c1cccs1. The molecule has 1 atom stereocenters.